The molecule has 0 spiro atoms. The number of hydrogen-bond donors (Lipinski definition) is 3. The molecule has 0 bridgehead atoms. The van der Waals surface area contributed by atoms with E-state index in [0.29, 0.717) is 0 Å². The fraction of sp³-hybridized carbons (Fsp3) is 0.417. The second-order valence-corrected chi connectivity index (χ2v) is 6.05. The highest BCUT2D eigenvalue weighted by molar-refractivity contribution is 7.89. The van der Waals surface area contributed by atoms with Gasteiger partial charge in [0.1, 0.15) is 0 Å². The van der Waals surface area contributed by atoms with Crippen molar-refractivity contribution in [2.24, 2.45) is 0 Å². The zero-order valence-electron chi connectivity index (χ0n) is 10.8. The first-order valence-electron chi connectivity index (χ1n) is 5.72. The third-order valence-corrected chi connectivity index (χ3v) is 4.24. The smallest absolute Gasteiger partial charge is 0.332 e. The first-order valence-corrected chi connectivity index (χ1v) is 7.20. The van der Waals surface area contributed by atoms with Crippen LogP contribution < -0.4 is 4.72 Å². The van der Waals surface area contributed by atoms with Crippen LogP contribution in [-0.4, -0.2) is 37.2 Å². The first kappa shape index (κ1) is 15.6. The summed E-state index contributed by atoms with van der Waals surface area (Å²) in [5.41, 5.74) is 1.84. The van der Waals surface area contributed by atoms with Gasteiger partial charge in [0.15, 0.2) is 6.10 Å². The fourth-order valence-corrected chi connectivity index (χ4v) is 2.55. The number of nitrogens with one attached hydrogen (secondary N) is 1. The average Bonchev–Trinajstić information content (AvgIpc) is 2.32. The van der Waals surface area contributed by atoms with Crippen molar-refractivity contribution in [1.82, 2.24) is 4.72 Å². The predicted molar refractivity (Wildman–Crippen MR) is 69.4 cm³/mol. The molecule has 0 fully saturated rings. The minimum Gasteiger partial charge on any atom is -0.479 e. The number of aliphatic hydroxyl groups is 1. The summed E-state index contributed by atoms with van der Waals surface area (Å²) in [7, 11) is -3.67. The van der Waals surface area contributed by atoms with Gasteiger partial charge in [0, 0.05) is 6.54 Å². The molecular formula is C12H17NO5S. The van der Waals surface area contributed by atoms with E-state index in [2.05, 4.69) is 4.72 Å². The molecular weight excluding hydrogens is 270 g/mol. The van der Waals surface area contributed by atoms with Crippen LogP contribution in [0.5, 0.6) is 0 Å². The van der Waals surface area contributed by atoms with Crippen molar-refractivity contribution in [3.63, 3.8) is 0 Å². The Morgan fingerprint density at radius 1 is 1.32 bits per heavy atom. The van der Waals surface area contributed by atoms with Gasteiger partial charge in [0.2, 0.25) is 10.0 Å². The minimum absolute atomic E-state index is 0.125. The van der Waals surface area contributed by atoms with Crippen LogP contribution in [0.15, 0.2) is 23.1 Å². The van der Waals surface area contributed by atoms with Gasteiger partial charge in [0.05, 0.1) is 4.90 Å². The Morgan fingerprint density at radius 2 is 1.95 bits per heavy atom. The van der Waals surface area contributed by atoms with Gasteiger partial charge in [-0.1, -0.05) is 6.07 Å². The van der Waals surface area contributed by atoms with Crippen molar-refractivity contribution in [3.8, 4) is 0 Å². The Labute approximate surface area is 112 Å². The third kappa shape index (κ3) is 4.30. The Hall–Kier alpha value is -1.44. The molecule has 0 aliphatic carbocycles. The molecule has 0 heterocycles. The van der Waals surface area contributed by atoms with E-state index in [1.165, 1.54) is 6.07 Å². The van der Waals surface area contributed by atoms with Crippen LogP contribution in [0.4, 0.5) is 0 Å². The number of carboxylic acid groups (broad SMARTS) is 1. The number of carboxylic acids is 1. The maximum absolute atomic E-state index is 11.9. The molecule has 0 aliphatic heterocycles. The topological polar surface area (TPSA) is 104 Å². The van der Waals surface area contributed by atoms with E-state index in [9.17, 15) is 13.2 Å². The van der Waals surface area contributed by atoms with Crippen molar-refractivity contribution in [1.29, 1.82) is 0 Å². The van der Waals surface area contributed by atoms with E-state index in [1.54, 1.807) is 12.1 Å². The number of sulfonamides is 1. The lowest BCUT2D eigenvalue weighted by atomic mass is 10.1. The molecule has 106 valence electrons. The molecule has 7 heteroatoms. The quantitative estimate of drug-likeness (QED) is 0.703. The molecule has 0 aromatic heterocycles. The normalized spacial score (nSPS) is 13.2. The third-order valence-electron chi connectivity index (χ3n) is 2.78. The number of aliphatic carboxylic acids is 1. The SMILES string of the molecule is Cc1ccc(S(=O)(=O)NCCC(O)C(=O)O)cc1C. The van der Waals surface area contributed by atoms with E-state index in [-0.39, 0.29) is 17.9 Å². The summed E-state index contributed by atoms with van der Waals surface area (Å²) in [6.45, 7) is 3.55. The monoisotopic (exact) mass is 287 g/mol. The zero-order chi connectivity index (χ0) is 14.6. The predicted octanol–water partition coefficient (Wildman–Crippen LogP) is 0.417. The minimum atomic E-state index is -3.67. The number of benzene rings is 1. The standard InChI is InChI=1S/C12H17NO5S/c1-8-3-4-10(7-9(8)2)19(17,18)13-6-5-11(14)12(15)16/h3-4,7,11,13-14H,5-6H2,1-2H3,(H,15,16). The maximum Gasteiger partial charge on any atom is 0.332 e. The summed E-state index contributed by atoms with van der Waals surface area (Å²) in [4.78, 5) is 10.5. The van der Waals surface area contributed by atoms with Gasteiger partial charge < -0.3 is 10.2 Å². The Morgan fingerprint density at radius 3 is 2.47 bits per heavy atom. The van der Waals surface area contributed by atoms with Crippen molar-refractivity contribution in [2.75, 3.05) is 6.54 Å². The first-order chi connectivity index (χ1) is 8.74. The molecule has 0 aliphatic rings. The molecule has 0 amide bonds. The van der Waals surface area contributed by atoms with Crippen molar-refractivity contribution in [2.45, 2.75) is 31.3 Å². The van der Waals surface area contributed by atoms with E-state index in [1.807, 2.05) is 13.8 Å². The molecule has 0 saturated heterocycles. The highest BCUT2D eigenvalue weighted by Crippen LogP contribution is 2.14. The highest BCUT2D eigenvalue weighted by Gasteiger charge is 2.17. The lowest BCUT2D eigenvalue weighted by Gasteiger charge is -2.09. The van der Waals surface area contributed by atoms with E-state index >= 15 is 0 Å². The number of rotatable bonds is 6. The number of carbonyl (C=O) groups is 1. The summed E-state index contributed by atoms with van der Waals surface area (Å²) in [5.74, 6) is -1.37. The Balaban J connectivity index is 2.71. The van der Waals surface area contributed by atoms with Gasteiger partial charge in [0.25, 0.3) is 0 Å². The number of aliphatic hydroxyl groups excluding tert-OH is 1. The van der Waals surface area contributed by atoms with Gasteiger partial charge in [-0.25, -0.2) is 17.9 Å². The van der Waals surface area contributed by atoms with Gasteiger partial charge in [-0.15, -0.1) is 0 Å². The van der Waals surface area contributed by atoms with Crippen LogP contribution in [0.1, 0.15) is 17.5 Å². The lowest BCUT2D eigenvalue weighted by molar-refractivity contribution is -0.146. The number of aryl methyl sites for hydroxylation is 2. The van der Waals surface area contributed by atoms with Crippen molar-refractivity contribution >= 4 is 16.0 Å². The molecule has 3 N–H and O–H groups in total. The zero-order valence-corrected chi connectivity index (χ0v) is 11.6. The maximum atomic E-state index is 11.9. The second-order valence-electron chi connectivity index (χ2n) is 4.29. The highest BCUT2D eigenvalue weighted by atomic mass is 32.2. The molecule has 19 heavy (non-hydrogen) atoms. The summed E-state index contributed by atoms with van der Waals surface area (Å²) < 4.78 is 26.1. The molecule has 1 aromatic carbocycles. The molecule has 6 nitrogen and oxygen atoms in total. The van der Waals surface area contributed by atoms with E-state index < -0.39 is 22.1 Å². The fourth-order valence-electron chi connectivity index (χ4n) is 1.42. The second kappa shape index (κ2) is 6.14. The van der Waals surface area contributed by atoms with Gasteiger partial charge in [-0.2, -0.15) is 0 Å². The molecule has 0 saturated carbocycles. The summed E-state index contributed by atoms with van der Waals surface area (Å²) in [5, 5.41) is 17.5. The van der Waals surface area contributed by atoms with Gasteiger partial charge >= 0.3 is 5.97 Å². The van der Waals surface area contributed by atoms with Crippen LogP contribution in [0.3, 0.4) is 0 Å². The van der Waals surface area contributed by atoms with Gasteiger partial charge in [-0.05, 0) is 43.5 Å². The van der Waals surface area contributed by atoms with E-state index in [0.717, 1.165) is 11.1 Å². The van der Waals surface area contributed by atoms with Crippen LogP contribution >= 0.6 is 0 Å². The van der Waals surface area contributed by atoms with Crippen molar-refractivity contribution in [3.05, 3.63) is 29.3 Å². The summed E-state index contributed by atoms with van der Waals surface area (Å²) >= 11 is 0. The molecule has 1 atom stereocenters. The van der Waals surface area contributed by atoms with Crippen LogP contribution in [0.2, 0.25) is 0 Å². The summed E-state index contributed by atoms with van der Waals surface area (Å²) in [6.07, 6.45) is -1.75. The van der Waals surface area contributed by atoms with E-state index in [4.69, 9.17) is 10.2 Å². The summed E-state index contributed by atoms with van der Waals surface area (Å²) in [6, 6.07) is 4.74. The molecule has 1 unspecified atom stereocenters. The number of hydrogen-bond acceptors (Lipinski definition) is 4. The van der Waals surface area contributed by atoms with Crippen LogP contribution in [0.25, 0.3) is 0 Å². The Kier molecular flexibility index (Phi) is 5.04. The lowest BCUT2D eigenvalue weighted by Crippen LogP contribution is -2.30. The average molecular weight is 287 g/mol. The van der Waals surface area contributed by atoms with Crippen LogP contribution in [0, 0.1) is 13.8 Å². The largest absolute Gasteiger partial charge is 0.479 e. The molecule has 1 aromatic rings. The molecule has 1 rings (SSSR count). The Bertz CT molecular complexity index is 567. The molecule has 0 radical (unpaired) electrons. The van der Waals surface area contributed by atoms with Gasteiger partial charge in [-0.3, -0.25) is 0 Å². The van der Waals surface area contributed by atoms with Crippen molar-refractivity contribution < 1.29 is 23.4 Å². The van der Waals surface area contributed by atoms with Crippen LogP contribution in [-0.2, 0) is 14.8 Å².